The molecule has 2 heteroatoms. The second-order valence-electron chi connectivity index (χ2n) is 4.54. The van der Waals surface area contributed by atoms with Crippen LogP contribution >= 0.6 is 11.6 Å². The number of hydrogen-bond donors (Lipinski definition) is 0. The number of carbonyl (C=O) groups excluding carboxylic acids is 1. The fourth-order valence-electron chi connectivity index (χ4n) is 1.96. The van der Waals surface area contributed by atoms with Gasteiger partial charge in [0.25, 0.3) is 0 Å². The third-order valence-corrected chi connectivity index (χ3v) is 3.31. The number of halogens is 1. The lowest BCUT2D eigenvalue weighted by molar-refractivity contribution is 0.104. The van der Waals surface area contributed by atoms with E-state index < -0.39 is 0 Å². The van der Waals surface area contributed by atoms with Gasteiger partial charge in [0.15, 0.2) is 5.78 Å². The van der Waals surface area contributed by atoms with Crippen LogP contribution in [0.2, 0.25) is 5.02 Å². The van der Waals surface area contributed by atoms with Gasteiger partial charge in [-0.3, -0.25) is 4.79 Å². The van der Waals surface area contributed by atoms with Gasteiger partial charge in [-0.15, -0.1) is 0 Å². The molecule has 1 nitrogen and oxygen atoms in total. The molecule has 19 heavy (non-hydrogen) atoms. The van der Waals surface area contributed by atoms with Crippen molar-refractivity contribution in [1.82, 2.24) is 0 Å². The number of hydrogen-bond acceptors (Lipinski definition) is 1. The van der Waals surface area contributed by atoms with Crippen LogP contribution in [-0.2, 0) is 0 Å². The van der Waals surface area contributed by atoms with Crippen LogP contribution in [0.25, 0.3) is 6.08 Å². The predicted molar refractivity (Wildman–Crippen MR) is 80.7 cm³/mol. The smallest absolute Gasteiger partial charge is 0.186 e. The summed E-state index contributed by atoms with van der Waals surface area (Å²) in [5.41, 5.74) is 3.73. The van der Waals surface area contributed by atoms with Crippen molar-refractivity contribution in [2.45, 2.75) is 13.8 Å². The van der Waals surface area contributed by atoms with Gasteiger partial charge in [0.2, 0.25) is 0 Å². The molecule has 0 amide bonds. The highest BCUT2D eigenvalue weighted by molar-refractivity contribution is 6.32. The van der Waals surface area contributed by atoms with Crippen molar-refractivity contribution < 1.29 is 4.79 Å². The van der Waals surface area contributed by atoms with Crippen LogP contribution in [-0.4, -0.2) is 5.78 Å². The third-order valence-electron chi connectivity index (χ3n) is 2.97. The normalized spacial score (nSPS) is 10.9. The molecule has 0 N–H and O–H groups in total. The van der Waals surface area contributed by atoms with Crippen molar-refractivity contribution in [3.05, 3.63) is 75.8 Å². The number of aryl methyl sites for hydroxylation is 2. The fourth-order valence-corrected chi connectivity index (χ4v) is 2.15. The Morgan fingerprint density at radius 2 is 1.84 bits per heavy atom. The minimum Gasteiger partial charge on any atom is -0.289 e. The van der Waals surface area contributed by atoms with Crippen molar-refractivity contribution in [3.8, 4) is 0 Å². The summed E-state index contributed by atoms with van der Waals surface area (Å²) in [5.74, 6) is -0.00239. The molecule has 0 bridgehead atoms. The third kappa shape index (κ3) is 3.33. The Hall–Kier alpha value is -1.86. The lowest BCUT2D eigenvalue weighted by atomic mass is 10.0. The molecule has 2 aromatic rings. The van der Waals surface area contributed by atoms with Crippen LogP contribution in [0.3, 0.4) is 0 Å². The van der Waals surface area contributed by atoms with Gasteiger partial charge in [-0.2, -0.15) is 0 Å². The second-order valence-corrected chi connectivity index (χ2v) is 4.94. The van der Waals surface area contributed by atoms with E-state index in [1.807, 2.05) is 56.3 Å². The quantitative estimate of drug-likeness (QED) is 0.575. The van der Waals surface area contributed by atoms with E-state index in [9.17, 15) is 4.79 Å². The lowest BCUT2D eigenvalue weighted by Crippen LogP contribution is -1.98. The number of rotatable bonds is 3. The molecular weight excluding hydrogens is 256 g/mol. The van der Waals surface area contributed by atoms with Crippen LogP contribution in [0.4, 0.5) is 0 Å². The highest BCUT2D eigenvalue weighted by Gasteiger charge is 2.05. The molecule has 0 aliphatic carbocycles. The molecule has 0 aliphatic rings. The van der Waals surface area contributed by atoms with E-state index in [4.69, 9.17) is 11.6 Å². The molecule has 0 saturated heterocycles. The minimum absolute atomic E-state index is 0.00239. The molecule has 0 heterocycles. The van der Waals surface area contributed by atoms with Gasteiger partial charge < -0.3 is 0 Å². The van der Waals surface area contributed by atoms with Gasteiger partial charge in [0, 0.05) is 10.6 Å². The van der Waals surface area contributed by atoms with Gasteiger partial charge in [-0.05, 0) is 43.2 Å². The highest BCUT2D eigenvalue weighted by Crippen LogP contribution is 2.17. The van der Waals surface area contributed by atoms with E-state index >= 15 is 0 Å². The molecule has 0 spiro atoms. The summed E-state index contributed by atoms with van der Waals surface area (Å²) in [7, 11) is 0. The SMILES string of the molecule is Cc1ccc(C(=O)/C=C/c2ccccc2Cl)c(C)c1. The summed E-state index contributed by atoms with van der Waals surface area (Å²) < 4.78 is 0. The zero-order valence-corrected chi connectivity index (χ0v) is 11.7. The molecule has 0 saturated carbocycles. The number of carbonyl (C=O) groups is 1. The standard InChI is InChI=1S/C17H15ClO/c1-12-7-9-15(13(2)11-12)17(19)10-8-14-5-3-4-6-16(14)18/h3-11H,1-2H3/b10-8+. The average molecular weight is 271 g/mol. The van der Waals surface area contributed by atoms with Gasteiger partial charge in [0.1, 0.15) is 0 Å². The Labute approximate surface area is 118 Å². The maximum Gasteiger partial charge on any atom is 0.186 e. The molecule has 0 radical (unpaired) electrons. The summed E-state index contributed by atoms with van der Waals surface area (Å²) >= 11 is 6.04. The van der Waals surface area contributed by atoms with Crippen LogP contribution in [0.1, 0.15) is 27.0 Å². The average Bonchev–Trinajstić information content (AvgIpc) is 2.37. The largest absolute Gasteiger partial charge is 0.289 e. The zero-order valence-electron chi connectivity index (χ0n) is 11.0. The molecule has 0 fully saturated rings. The van der Waals surface area contributed by atoms with E-state index in [1.165, 1.54) is 0 Å². The van der Waals surface area contributed by atoms with Crippen molar-refractivity contribution in [2.75, 3.05) is 0 Å². The lowest BCUT2D eigenvalue weighted by Gasteiger charge is -2.03. The predicted octanol–water partition coefficient (Wildman–Crippen LogP) is 4.85. The van der Waals surface area contributed by atoms with E-state index in [1.54, 1.807) is 12.2 Å². The summed E-state index contributed by atoms with van der Waals surface area (Å²) in [4.78, 5) is 12.1. The fraction of sp³-hybridized carbons (Fsp3) is 0.118. The Bertz CT molecular complexity index is 641. The topological polar surface area (TPSA) is 17.1 Å². The molecule has 2 aromatic carbocycles. The summed E-state index contributed by atoms with van der Waals surface area (Å²) in [6.45, 7) is 3.96. The van der Waals surface area contributed by atoms with Gasteiger partial charge >= 0.3 is 0 Å². The Balaban J connectivity index is 2.24. The van der Waals surface area contributed by atoms with Gasteiger partial charge in [0.05, 0.1) is 0 Å². The number of ketones is 1. The van der Waals surface area contributed by atoms with Crippen molar-refractivity contribution in [1.29, 1.82) is 0 Å². The first-order valence-electron chi connectivity index (χ1n) is 6.12. The summed E-state index contributed by atoms with van der Waals surface area (Å²) in [6, 6.07) is 13.3. The van der Waals surface area contributed by atoms with Gasteiger partial charge in [-0.25, -0.2) is 0 Å². The Morgan fingerprint density at radius 1 is 1.11 bits per heavy atom. The first kappa shape index (κ1) is 13.6. The molecule has 0 unspecified atom stereocenters. The molecule has 96 valence electrons. The highest BCUT2D eigenvalue weighted by atomic mass is 35.5. The van der Waals surface area contributed by atoms with Crippen LogP contribution < -0.4 is 0 Å². The molecular formula is C17H15ClO. The Kier molecular flexibility index (Phi) is 4.18. The van der Waals surface area contributed by atoms with Crippen molar-refractivity contribution >= 4 is 23.5 Å². The maximum absolute atomic E-state index is 12.1. The zero-order chi connectivity index (χ0) is 13.8. The van der Waals surface area contributed by atoms with Crippen molar-refractivity contribution in [2.24, 2.45) is 0 Å². The minimum atomic E-state index is -0.00239. The second kappa shape index (κ2) is 5.85. The first-order valence-corrected chi connectivity index (χ1v) is 6.50. The van der Waals surface area contributed by atoms with E-state index in [2.05, 4.69) is 0 Å². The molecule has 0 aliphatic heterocycles. The summed E-state index contributed by atoms with van der Waals surface area (Å²) in [5, 5.41) is 0.646. The summed E-state index contributed by atoms with van der Waals surface area (Å²) in [6.07, 6.45) is 3.32. The van der Waals surface area contributed by atoms with E-state index in [0.29, 0.717) is 5.02 Å². The molecule has 0 atom stereocenters. The first-order chi connectivity index (χ1) is 9.08. The Morgan fingerprint density at radius 3 is 2.53 bits per heavy atom. The number of allylic oxidation sites excluding steroid dienone is 1. The van der Waals surface area contributed by atoms with Crippen molar-refractivity contribution in [3.63, 3.8) is 0 Å². The van der Waals surface area contributed by atoms with Crippen LogP contribution in [0.15, 0.2) is 48.5 Å². The van der Waals surface area contributed by atoms with Crippen LogP contribution in [0, 0.1) is 13.8 Å². The number of benzene rings is 2. The van der Waals surface area contributed by atoms with Crippen LogP contribution in [0.5, 0.6) is 0 Å². The van der Waals surface area contributed by atoms with E-state index in [-0.39, 0.29) is 5.78 Å². The molecule has 2 rings (SSSR count). The monoisotopic (exact) mass is 270 g/mol. The van der Waals surface area contributed by atoms with E-state index in [0.717, 1.165) is 22.3 Å². The maximum atomic E-state index is 12.1. The molecule has 0 aromatic heterocycles. The van der Waals surface area contributed by atoms with Gasteiger partial charge in [-0.1, -0.05) is 53.6 Å².